The molecule has 0 unspecified atom stereocenters. The normalized spacial score (nSPS) is 14.2. The Hall–Kier alpha value is -4.58. The van der Waals surface area contributed by atoms with Crippen LogP contribution in [0.1, 0.15) is 39.4 Å². The fourth-order valence-corrected chi connectivity index (χ4v) is 5.49. The molecule has 0 N–H and O–H groups in total. The summed E-state index contributed by atoms with van der Waals surface area (Å²) < 4.78 is 10.2. The lowest BCUT2D eigenvalue weighted by Crippen LogP contribution is -2.33. The van der Waals surface area contributed by atoms with Gasteiger partial charge in [-0.05, 0) is 61.4 Å². The first-order chi connectivity index (χ1) is 18.1. The van der Waals surface area contributed by atoms with Crippen molar-refractivity contribution in [1.29, 1.82) is 0 Å². The molecule has 0 bridgehead atoms. The molecule has 6 nitrogen and oxygen atoms in total. The highest BCUT2D eigenvalue weighted by atomic mass is 16.5. The molecular weight excluding hydrogens is 460 g/mol. The lowest BCUT2D eigenvalue weighted by Gasteiger charge is -2.30. The predicted octanol–water partition coefficient (Wildman–Crippen LogP) is 6.06. The van der Waals surface area contributed by atoms with Crippen molar-refractivity contribution in [3.05, 3.63) is 125 Å². The lowest BCUT2D eigenvalue weighted by molar-refractivity contribution is -0.132. The molecule has 0 atom stereocenters. The molecule has 2 aliphatic heterocycles. The van der Waals surface area contributed by atoms with Crippen LogP contribution >= 0.6 is 0 Å². The van der Waals surface area contributed by atoms with Crippen LogP contribution in [0.2, 0.25) is 0 Å². The van der Waals surface area contributed by atoms with Gasteiger partial charge in [-0.25, -0.2) is 4.68 Å². The number of nitrogens with zero attached hydrogens (tertiary/aromatic N) is 4. The van der Waals surface area contributed by atoms with Gasteiger partial charge in [0.25, 0.3) is 0 Å². The molecule has 1 amide bonds. The first-order valence-corrected chi connectivity index (χ1v) is 12.5. The highest BCUT2D eigenvalue weighted by molar-refractivity contribution is 5.90. The smallest absolute Gasteiger partial charge is 0.235 e. The molecule has 0 radical (unpaired) electrons. The summed E-state index contributed by atoms with van der Waals surface area (Å²) in [6.07, 6.45) is 4.06. The van der Waals surface area contributed by atoms with Gasteiger partial charge in [0.05, 0.1) is 30.4 Å². The van der Waals surface area contributed by atoms with Crippen molar-refractivity contribution in [2.75, 3.05) is 0 Å². The summed E-state index contributed by atoms with van der Waals surface area (Å²) in [6, 6.07) is 26.1. The van der Waals surface area contributed by atoms with Crippen LogP contribution in [0, 0.1) is 13.8 Å². The maximum absolute atomic E-state index is 14.2. The van der Waals surface area contributed by atoms with E-state index in [9.17, 15) is 4.79 Å². The average molecular weight is 487 g/mol. The fraction of sp³-hybridized carbons (Fsp3) is 0.161. The third kappa shape index (κ3) is 3.40. The van der Waals surface area contributed by atoms with Gasteiger partial charge in [0.2, 0.25) is 5.91 Å². The van der Waals surface area contributed by atoms with Gasteiger partial charge in [0.15, 0.2) is 0 Å². The average Bonchev–Trinajstić information content (AvgIpc) is 3.65. The number of aryl methyl sites for hydroxylation is 2. The zero-order chi connectivity index (χ0) is 25.1. The van der Waals surface area contributed by atoms with E-state index in [4.69, 9.17) is 9.84 Å². The van der Waals surface area contributed by atoms with Crippen LogP contribution in [0.5, 0.6) is 11.5 Å². The van der Waals surface area contributed by atoms with Crippen molar-refractivity contribution in [2.45, 2.75) is 32.9 Å². The van der Waals surface area contributed by atoms with E-state index < -0.39 is 5.92 Å². The number of ether oxygens (including phenoxy) is 1. The molecule has 5 aromatic rings. The van der Waals surface area contributed by atoms with Crippen molar-refractivity contribution >= 4 is 5.91 Å². The molecule has 6 heteroatoms. The zero-order valence-electron chi connectivity index (χ0n) is 20.8. The van der Waals surface area contributed by atoms with Gasteiger partial charge in [-0.15, -0.1) is 0 Å². The van der Waals surface area contributed by atoms with Crippen LogP contribution in [0.15, 0.2) is 91.3 Å². The number of carbonyl (C=O) groups is 1. The number of para-hydroxylation sites is 2. The van der Waals surface area contributed by atoms with E-state index in [-0.39, 0.29) is 5.91 Å². The summed E-state index contributed by atoms with van der Waals surface area (Å²) in [7, 11) is 0. The van der Waals surface area contributed by atoms with Gasteiger partial charge >= 0.3 is 0 Å². The van der Waals surface area contributed by atoms with Gasteiger partial charge in [0.1, 0.15) is 17.3 Å². The lowest BCUT2D eigenvalue weighted by atomic mass is 9.87. The highest BCUT2D eigenvalue weighted by Crippen LogP contribution is 2.45. The third-order valence-electron chi connectivity index (χ3n) is 7.55. The number of hydrogen-bond donors (Lipinski definition) is 0. The van der Waals surface area contributed by atoms with E-state index in [0.717, 1.165) is 45.4 Å². The van der Waals surface area contributed by atoms with E-state index in [0.29, 0.717) is 13.1 Å². The largest absolute Gasteiger partial charge is 0.457 e. The summed E-state index contributed by atoms with van der Waals surface area (Å²) in [4.78, 5) is 16.1. The Morgan fingerprint density at radius 2 is 1.51 bits per heavy atom. The molecule has 2 aliphatic rings. The number of aromatic nitrogens is 3. The maximum Gasteiger partial charge on any atom is 0.235 e. The highest BCUT2D eigenvalue weighted by Gasteiger charge is 2.39. The van der Waals surface area contributed by atoms with E-state index in [1.54, 1.807) is 0 Å². The molecule has 0 saturated carbocycles. The monoisotopic (exact) mass is 486 g/mol. The maximum atomic E-state index is 14.2. The molecule has 4 heterocycles. The Balaban J connectivity index is 1.29. The van der Waals surface area contributed by atoms with Crippen LogP contribution in [-0.4, -0.2) is 25.2 Å². The Morgan fingerprint density at radius 3 is 2.19 bits per heavy atom. The van der Waals surface area contributed by atoms with Crippen LogP contribution in [0.25, 0.3) is 11.5 Å². The van der Waals surface area contributed by atoms with E-state index in [1.165, 1.54) is 11.1 Å². The van der Waals surface area contributed by atoms with Gasteiger partial charge in [-0.3, -0.25) is 4.79 Å². The topological polar surface area (TPSA) is 52.3 Å². The number of hydrogen-bond acceptors (Lipinski definition) is 3. The number of carbonyl (C=O) groups excluding carboxylic acids is 1. The van der Waals surface area contributed by atoms with Gasteiger partial charge < -0.3 is 14.2 Å². The summed E-state index contributed by atoms with van der Waals surface area (Å²) >= 11 is 0. The van der Waals surface area contributed by atoms with Crippen molar-refractivity contribution in [1.82, 2.24) is 19.2 Å². The Bertz CT molecular complexity index is 1620. The molecule has 0 saturated heterocycles. The molecule has 7 rings (SSSR count). The van der Waals surface area contributed by atoms with E-state index in [1.807, 2.05) is 82.6 Å². The summed E-state index contributed by atoms with van der Waals surface area (Å²) in [6.45, 7) is 5.22. The fourth-order valence-electron chi connectivity index (χ4n) is 5.49. The zero-order valence-corrected chi connectivity index (χ0v) is 20.8. The molecule has 0 spiro atoms. The van der Waals surface area contributed by atoms with Crippen molar-refractivity contribution < 1.29 is 9.53 Å². The van der Waals surface area contributed by atoms with Gasteiger partial charge in [0, 0.05) is 29.1 Å². The van der Waals surface area contributed by atoms with E-state index in [2.05, 4.69) is 36.6 Å². The van der Waals surface area contributed by atoms with Gasteiger partial charge in [-0.2, -0.15) is 5.10 Å². The van der Waals surface area contributed by atoms with Gasteiger partial charge in [-0.1, -0.05) is 42.5 Å². The summed E-state index contributed by atoms with van der Waals surface area (Å²) in [5, 5.41) is 5.03. The van der Waals surface area contributed by atoms with Crippen molar-refractivity contribution in [3.63, 3.8) is 0 Å². The van der Waals surface area contributed by atoms with Crippen LogP contribution in [0.3, 0.4) is 0 Å². The second-order valence-electron chi connectivity index (χ2n) is 9.82. The van der Waals surface area contributed by atoms with Crippen molar-refractivity contribution in [3.8, 4) is 23.0 Å². The first-order valence-electron chi connectivity index (χ1n) is 12.5. The van der Waals surface area contributed by atoms with Crippen LogP contribution in [0.4, 0.5) is 0 Å². The Kier molecular flexibility index (Phi) is 4.83. The Labute approximate surface area is 215 Å². The molecule has 3 aromatic carbocycles. The molecule has 0 fully saturated rings. The number of amides is 1. The number of fused-ring (bicyclic) bond motifs is 3. The second kappa shape index (κ2) is 8.23. The second-order valence-corrected chi connectivity index (χ2v) is 9.82. The van der Waals surface area contributed by atoms with Crippen molar-refractivity contribution in [2.24, 2.45) is 0 Å². The molecule has 2 aromatic heterocycles. The van der Waals surface area contributed by atoms with Crippen LogP contribution in [-0.2, 0) is 17.9 Å². The number of rotatable bonds is 3. The van der Waals surface area contributed by atoms with E-state index >= 15 is 0 Å². The van der Waals surface area contributed by atoms with Crippen LogP contribution < -0.4 is 4.74 Å². The molecule has 0 aliphatic carbocycles. The minimum Gasteiger partial charge on any atom is -0.457 e. The minimum atomic E-state index is -0.410. The SMILES string of the molecule is Cc1ccc(-n2nc3c(c2-n2cccc2)CN(C(=O)C2c4ccccc4Oc4ccccc42)C3)cc1C. The summed E-state index contributed by atoms with van der Waals surface area (Å²) in [5.41, 5.74) is 7.31. The standard InChI is InChI=1S/C31H26N4O2/c1-20-13-14-22(17-21(20)2)35-30(33-15-7-8-16-33)25-18-34(19-26(25)32-35)31(36)29-23-9-3-5-11-27(23)37-28-12-6-4-10-24(28)29/h3-17,29H,18-19H2,1-2H3. The predicted molar refractivity (Wildman–Crippen MR) is 141 cm³/mol. The quantitative estimate of drug-likeness (QED) is 0.312. The molecule has 182 valence electrons. The molecule has 37 heavy (non-hydrogen) atoms. The molecular formula is C31H26N4O2. The number of benzene rings is 3. The Morgan fingerprint density at radius 1 is 0.838 bits per heavy atom. The summed E-state index contributed by atoms with van der Waals surface area (Å²) in [5.74, 6) is 2.12. The minimum absolute atomic E-state index is 0.0670. The third-order valence-corrected chi connectivity index (χ3v) is 7.55. The first kappa shape index (κ1) is 21.7.